The molecule has 0 saturated carbocycles. The Hall–Kier alpha value is -2.43. The molecule has 0 bridgehead atoms. The van der Waals surface area contributed by atoms with Gasteiger partial charge in [0, 0.05) is 19.2 Å². The Balaban J connectivity index is 1.68. The van der Waals surface area contributed by atoms with Crippen molar-refractivity contribution in [2.45, 2.75) is 0 Å². The van der Waals surface area contributed by atoms with E-state index in [-0.39, 0.29) is 12.6 Å². The molecule has 0 aliphatic carbocycles. The van der Waals surface area contributed by atoms with Gasteiger partial charge < -0.3 is 20.1 Å². The Morgan fingerprint density at radius 2 is 1.95 bits per heavy atom. The predicted molar refractivity (Wildman–Crippen MR) is 70.7 cm³/mol. The summed E-state index contributed by atoms with van der Waals surface area (Å²) in [6, 6.07) is 5.58. The highest BCUT2D eigenvalue weighted by atomic mass is 16.7. The van der Waals surface area contributed by atoms with Gasteiger partial charge in [0.1, 0.15) is 5.82 Å². The molecule has 0 radical (unpaired) electrons. The van der Waals surface area contributed by atoms with Crippen molar-refractivity contribution in [3.63, 3.8) is 0 Å². The molecule has 2 N–H and O–H groups in total. The van der Waals surface area contributed by atoms with Crippen LogP contribution in [0, 0.1) is 0 Å². The highest BCUT2D eigenvalue weighted by Gasteiger charge is 2.12. The fourth-order valence-electron chi connectivity index (χ4n) is 1.94. The van der Waals surface area contributed by atoms with Gasteiger partial charge in [-0.2, -0.15) is 0 Å². The summed E-state index contributed by atoms with van der Waals surface area (Å²) in [6.07, 6.45) is 4.85. The fourth-order valence-corrected chi connectivity index (χ4v) is 1.94. The minimum absolute atomic E-state index is 0.0606. The molecule has 98 valence electrons. The second-order valence-corrected chi connectivity index (χ2v) is 4.26. The van der Waals surface area contributed by atoms with E-state index >= 15 is 0 Å². The van der Waals surface area contributed by atoms with Crippen LogP contribution in [0.2, 0.25) is 0 Å². The standard InChI is InChI=1S/C14H14N2O3/c17-11(8-14-15-5-6-16-14)3-1-10-2-4-12-13(7-10)19-9-18-12/h1-4,7-8,15-16H,5-6,9H2/b3-1+. The number of carbonyl (C=O) groups excluding carboxylic acids is 1. The molecule has 0 atom stereocenters. The molecular formula is C14H14N2O3. The van der Waals surface area contributed by atoms with Crippen molar-refractivity contribution in [1.29, 1.82) is 0 Å². The number of carbonyl (C=O) groups is 1. The first-order valence-electron chi connectivity index (χ1n) is 6.12. The quantitative estimate of drug-likeness (QED) is 0.793. The zero-order valence-corrected chi connectivity index (χ0v) is 10.3. The molecule has 0 unspecified atom stereocenters. The second kappa shape index (κ2) is 5.06. The van der Waals surface area contributed by atoms with E-state index in [1.54, 1.807) is 12.2 Å². The van der Waals surface area contributed by atoms with Crippen LogP contribution in [-0.2, 0) is 4.79 Å². The van der Waals surface area contributed by atoms with Gasteiger partial charge >= 0.3 is 0 Å². The molecular weight excluding hydrogens is 244 g/mol. The van der Waals surface area contributed by atoms with Gasteiger partial charge in [-0.05, 0) is 23.8 Å². The third-order valence-corrected chi connectivity index (χ3v) is 2.88. The second-order valence-electron chi connectivity index (χ2n) is 4.26. The number of ketones is 1. The van der Waals surface area contributed by atoms with E-state index in [1.165, 1.54) is 6.08 Å². The van der Waals surface area contributed by atoms with Crippen molar-refractivity contribution < 1.29 is 14.3 Å². The Labute approximate surface area is 110 Å². The number of hydrogen-bond donors (Lipinski definition) is 2. The van der Waals surface area contributed by atoms with Crippen LogP contribution in [0.3, 0.4) is 0 Å². The third kappa shape index (κ3) is 2.70. The van der Waals surface area contributed by atoms with Crippen molar-refractivity contribution in [1.82, 2.24) is 10.6 Å². The highest BCUT2D eigenvalue weighted by molar-refractivity contribution is 6.02. The Bertz CT molecular complexity index is 556. The van der Waals surface area contributed by atoms with Gasteiger partial charge in [-0.3, -0.25) is 4.79 Å². The molecule has 2 aliphatic rings. The van der Waals surface area contributed by atoms with Gasteiger partial charge in [0.15, 0.2) is 17.3 Å². The van der Waals surface area contributed by atoms with Crippen LogP contribution in [0.5, 0.6) is 11.5 Å². The number of hydrogen-bond acceptors (Lipinski definition) is 5. The fraction of sp³-hybridized carbons (Fsp3) is 0.214. The van der Waals surface area contributed by atoms with Crippen molar-refractivity contribution in [3.05, 3.63) is 41.7 Å². The number of benzene rings is 1. The van der Waals surface area contributed by atoms with Gasteiger partial charge in [0.2, 0.25) is 6.79 Å². The molecule has 2 heterocycles. The van der Waals surface area contributed by atoms with Crippen molar-refractivity contribution in [2.75, 3.05) is 19.9 Å². The lowest BCUT2D eigenvalue weighted by atomic mass is 10.1. The highest BCUT2D eigenvalue weighted by Crippen LogP contribution is 2.32. The summed E-state index contributed by atoms with van der Waals surface area (Å²) in [5.74, 6) is 2.17. The predicted octanol–water partition coefficient (Wildman–Crippen LogP) is 1.03. The molecule has 1 aromatic carbocycles. The van der Waals surface area contributed by atoms with E-state index in [0.29, 0.717) is 5.75 Å². The topological polar surface area (TPSA) is 59.6 Å². The largest absolute Gasteiger partial charge is 0.454 e. The van der Waals surface area contributed by atoms with Crippen molar-refractivity contribution in [3.8, 4) is 11.5 Å². The first-order chi connectivity index (χ1) is 9.31. The molecule has 0 amide bonds. The van der Waals surface area contributed by atoms with Gasteiger partial charge in [-0.25, -0.2) is 0 Å². The molecule has 0 aromatic heterocycles. The molecule has 2 aliphatic heterocycles. The number of nitrogens with one attached hydrogen (secondary N) is 2. The summed E-state index contributed by atoms with van der Waals surface area (Å²) in [7, 11) is 0. The maximum absolute atomic E-state index is 11.7. The maximum atomic E-state index is 11.7. The molecule has 1 fully saturated rings. The Morgan fingerprint density at radius 1 is 1.16 bits per heavy atom. The molecule has 3 rings (SSSR count). The molecule has 19 heavy (non-hydrogen) atoms. The summed E-state index contributed by atoms with van der Waals surface area (Å²) < 4.78 is 10.5. The van der Waals surface area contributed by atoms with Crippen molar-refractivity contribution in [2.24, 2.45) is 0 Å². The molecule has 0 spiro atoms. The normalized spacial score (nSPS) is 16.3. The maximum Gasteiger partial charge on any atom is 0.231 e. The van der Waals surface area contributed by atoms with E-state index in [4.69, 9.17) is 9.47 Å². The first-order valence-corrected chi connectivity index (χ1v) is 6.12. The zero-order chi connectivity index (χ0) is 13.1. The SMILES string of the molecule is O=C(C=C1NCCN1)/C=C/c1ccc2c(c1)OCO2. The van der Waals surface area contributed by atoms with E-state index in [9.17, 15) is 4.79 Å². The van der Waals surface area contributed by atoms with Gasteiger partial charge in [0.25, 0.3) is 0 Å². The Morgan fingerprint density at radius 3 is 2.79 bits per heavy atom. The van der Waals surface area contributed by atoms with E-state index in [0.717, 1.165) is 30.2 Å². The lowest BCUT2D eigenvalue weighted by Crippen LogP contribution is -2.11. The molecule has 5 heteroatoms. The van der Waals surface area contributed by atoms with Gasteiger partial charge in [-0.1, -0.05) is 12.1 Å². The summed E-state index contributed by atoms with van der Waals surface area (Å²) in [5.41, 5.74) is 0.906. The average Bonchev–Trinajstić information content (AvgIpc) is 3.06. The van der Waals surface area contributed by atoms with E-state index < -0.39 is 0 Å². The number of ether oxygens (including phenoxy) is 2. The van der Waals surface area contributed by atoms with E-state index in [1.807, 2.05) is 18.2 Å². The summed E-state index contributed by atoms with van der Waals surface area (Å²) >= 11 is 0. The summed E-state index contributed by atoms with van der Waals surface area (Å²) in [4.78, 5) is 11.7. The Kier molecular flexibility index (Phi) is 3.10. The van der Waals surface area contributed by atoms with Gasteiger partial charge in [0.05, 0.1) is 0 Å². The van der Waals surface area contributed by atoms with E-state index in [2.05, 4.69) is 10.6 Å². The zero-order valence-electron chi connectivity index (χ0n) is 10.3. The van der Waals surface area contributed by atoms with Crippen LogP contribution in [0.25, 0.3) is 6.08 Å². The van der Waals surface area contributed by atoms with Crippen LogP contribution in [0.15, 0.2) is 36.2 Å². The molecule has 5 nitrogen and oxygen atoms in total. The number of allylic oxidation sites excluding steroid dienone is 2. The van der Waals surface area contributed by atoms with Crippen LogP contribution in [0.1, 0.15) is 5.56 Å². The minimum atomic E-state index is -0.0606. The summed E-state index contributed by atoms with van der Waals surface area (Å²) in [5, 5.41) is 6.16. The van der Waals surface area contributed by atoms with Crippen LogP contribution in [-0.4, -0.2) is 25.7 Å². The lowest BCUT2D eigenvalue weighted by Gasteiger charge is -1.98. The lowest BCUT2D eigenvalue weighted by molar-refractivity contribution is -0.110. The first kappa shape index (κ1) is 11.6. The smallest absolute Gasteiger partial charge is 0.231 e. The average molecular weight is 258 g/mol. The summed E-state index contributed by atoms with van der Waals surface area (Å²) in [6.45, 7) is 1.96. The van der Waals surface area contributed by atoms with Crippen molar-refractivity contribution >= 4 is 11.9 Å². The number of fused-ring (bicyclic) bond motifs is 1. The third-order valence-electron chi connectivity index (χ3n) is 2.88. The van der Waals surface area contributed by atoms with Crippen LogP contribution >= 0.6 is 0 Å². The minimum Gasteiger partial charge on any atom is -0.454 e. The molecule has 1 saturated heterocycles. The van der Waals surface area contributed by atoms with Gasteiger partial charge in [-0.15, -0.1) is 0 Å². The van der Waals surface area contributed by atoms with Crippen LogP contribution < -0.4 is 20.1 Å². The number of rotatable bonds is 3. The monoisotopic (exact) mass is 258 g/mol. The van der Waals surface area contributed by atoms with Crippen LogP contribution in [0.4, 0.5) is 0 Å². The molecule has 1 aromatic rings.